The topological polar surface area (TPSA) is 29.5 Å². The van der Waals surface area contributed by atoms with Gasteiger partial charge in [-0.2, -0.15) is 0 Å². The maximum absolute atomic E-state index is 12.2. The number of carbonyl (C=O) groups excluding carboxylic acids is 1. The number of hydrogen-bond acceptors (Lipinski definition) is 2. The smallest absolute Gasteiger partial charge is 0.246 e. The fraction of sp³-hybridized carbons (Fsp3) is 0.438. The van der Waals surface area contributed by atoms with E-state index in [9.17, 15) is 4.79 Å². The van der Waals surface area contributed by atoms with Crippen molar-refractivity contribution in [3.8, 4) is 5.75 Å². The molecule has 19 heavy (non-hydrogen) atoms. The molecular weight excluding hydrogens is 238 g/mol. The monoisotopic (exact) mass is 259 g/mol. The summed E-state index contributed by atoms with van der Waals surface area (Å²) in [6.07, 6.45) is 3.80. The van der Waals surface area contributed by atoms with Crippen LogP contribution in [0.4, 0.5) is 0 Å². The fourth-order valence-corrected chi connectivity index (χ4v) is 2.56. The fourth-order valence-electron chi connectivity index (χ4n) is 2.56. The van der Waals surface area contributed by atoms with Crippen LogP contribution in [0, 0.1) is 0 Å². The first-order valence-electron chi connectivity index (χ1n) is 6.71. The predicted octanol–water partition coefficient (Wildman–Crippen LogP) is 3.32. The number of likely N-dealkylation sites (tertiary alicyclic amines) is 1. The molecule has 0 N–H and O–H groups in total. The molecule has 3 nitrogen and oxygen atoms in total. The minimum absolute atomic E-state index is 0.116. The second kappa shape index (κ2) is 5.91. The second-order valence-corrected chi connectivity index (χ2v) is 5.19. The molecule has 0 saturated carbocycles. The summed E-state index contributed by atoms with van der Waals surface area (Å²) < 4.78 is 5.26. The molecule has 1 aliphatic heterocycles. The van der Waals surface area contributed by atoms with Crippen molar-refractivity contribution in [1.82, 2.24) is 4.90 Å². The third-order valence-electron chi connectivity index (χ3n) is 3.43. The summed E-state index contributed by atoms with van der Waals surface area (Å²) in [6, 6.07) is 8.19. The van der Waals surface area contributed by atoms with Gasteiger partial charge in [0.05, 0.1) is 13.2 Å². The van der Waals surface area contributed by atoms with Gasteiger partial charge in [-0.3, -0.25) is 4.79 Å². The van der Waals surface area contributed by atoms with Gasteiger partial charge in [-0.25, -0.2) is 0 Å². The van der Waals surface area contributed by atoms with Crippen LogP contribution in [0.5, 0.6) is 5.75 Å². The molecule has 1 saturated heterocycles. The molecule has 1 heterocycles. The van der Waals surface area contributed by atoms with Gasteiger partial charge in [0.2, 0.25) is 5.91 Å². The highest BCUT2D eigenvalue weighted by Gasteiger charge is 2.28. The molecule has 1 unspecified atom stereocenters. The molecule has 2 rings (SSSR count). The van der Waals surface area contributed by atoms with Crippen LogP contribution in [-0.2, 0) is 4.79 Å². The molecule has 0 aromatic heterocycles. The van der Waals surface area contributed by atoms with Crippen LogP contribution in [0.2, 0.25) is 0 Å². The number of methoxy groups -OCH3 is 1. The van der Waals surface area contributed by atoms with E-state index in [2.05, 4.69) is 6.07 Å². The molecule has 1 aromatic carbocycles. The first-order valence-corrected chi connectivity index (χ1v) is 6.71. The molecular formula is C16H21NO2. The number of benzene rings is 1. The Morgan fingerprint density at radius 1 is 1.42 bits per heavy atom. The van der Waals surface area contributed by atoms with Gasteiger partial charge in [0.1, 0.15) is 5.75 Å². The van der Waals surface area contributed by atoms with E-state index >= 15 is 0 Å². The number of allylic oxidation sites excluding steroid dienone is 1. The molecule has 1 atom stereocenters. The number of nitrogens with zero attached hydrogens (tertiary/aromatic N) is 1. The van der Waals surface area contributed by atoms with E-state index in [0.717, 1.165) is 36.3 Å². The molecule has 0 aliphatic carbocycles. The Kier molecular flexibility index (Phi) is 4.25. The van der Waals surface area contributed by atoms with Gasteiger partial charge in [0.15, 0.2) is 0 Å². The summed E-state index contributed by atoms with van der Waals surface area (Å²) in [7, 11) is 1.67. The van der Waals surface area contributed by atoms with Crippen LogP contribution < -0.4 is 4.74 Å². The second-order valence-electron chi connectivity index (χ2n) is 5.19. The average Bonchev–Trinajstić information content (AvgIpc) is 2.87. The van der Waals surface area contributed by atoms with E-state index in [1.807, 2.05) is 36.9 Å². The van der Waals surface area contributed by atoms with E-state index in [1.54, 1.807) is 13.2 Å². The third kappa shape index (κ3) is 3.16. The Hall–Kier alpha value is -1.77. The Labute approximate surface area is 114 Å². The maximum atomic E-state index is 12.2. The summed E-state index contributed by atoms with van der Waals surface area (Å²) in [5.74, 6) is 0.962. The number of ether oxygens (including phenoxy) is 1. The van der Waals surface area contributed by atoms with Crippen molar-refractivity contribution in [1.29, 1.82) is 0 Å². The largest absolute Gasteiger partial charge is 0.497 e. The molecule has 1 aliphatic rings. The van der Waals surface area contributed by atoms with Crippen LogP contribution in [0.3, 0.4) is 0 Å². The molecule has 3 heteroatoms. The highest BCUT2D eigenvalue weighted by Crippen LogP contribution is 2.33. The first kappa shape index (κ1) is 13.7. The summed E-state index contributed by atoms with van der Waals surface area (Å²) in [6.45, 7) is 4.74. The number of amides is 1. The first-order chi connectivity index (χ1) is 9.11. The summed E-state index contributed by atoms with van der Waals surface area (Å²) in [4.78, 5) is 14.2. The Morgan fingerprint density at radius 2 is 2.21 bits per heavy atom. The minimum atomic E-state index is 0.116. The lowest BCUT2D eigenvalue weighted by atomic mass is 10.0. The van der Waals surface area contributed by atoms with Crippen LogP contribution in [0.25, 0.3) is 0 Å². The zero-order valence-electron chi connectivity index (χ0n) is 11.8. The van der Waals surface area contributed by atoms with Crippen LogP contribution >= 0.6 is 0 Å². The van der Waals surface area contributed by atoms with Gasteiger partial charge in [0, 0.05) is 12.6 Å². The van der Waals surface area contributed by atoms with Crippen LogP contribution in [-0.4, -0.2) is 24.5 Å². The average molecular weight is 259 g/mol. The summed E-state index contributed by atoms with van der Waals surface area (Å²) >= 11 is 0. The normalized spacial score (nSPS) is 18.3. The lowest BCUT2D eigenvalue weighted by molar-refractivity contribution is -0.126. The molecule has 1 amide bonds. The number of rotatable bonds is 3. The standard InChI is InChI=1S/C16H21NO2/c1-12(2)10-16(18)17-9-5-8-15(17)13-6-4-7-14(11-13)19-3/h4,6-7,10-11,15H,5,8-9H2,1-3H3. The van der Waals surface area contributed by atoms with Crippen molar-refractivity contribution in [2.24, 2.45) is 0 Å². The Morgan fingerprint density at radius 3 is 2.89 bits per heavy atom. The molecule has 0 bridgehead atoms. The van der Waals surface area contributed by atoms with Gasteiger partial charge >= 0.3 is 0 Å². The SMILES string of the molecule is COc1cccc(C2CCCN2C(=O)C=C(C)C)c1. The molecule has 102 valence electrons. The van der Waals surface area contributed by atoms with Crippen molar-refractivity contribution >= 4 is 5.91 Å². The number of carbonyl (C=O) groups is 1. The van der Waals surface area contributed by atoms with E-state index in [1.165, 1.54) is 0 Å². The lowest BCUT2D eigenvalue weighted by Gasteiger charge is -2.24. The van der Waals surface area contributed by atoms with Gasteiger partial charge in [-0.05, 0) is 44.4 Å². The Bertz CT molecular complexity index is 489. The summed E-state index contributed by atoms with van der Waals surface area (Å²) in [5.41, 5.74) is 2.20. The van der Waals surface area contributed by atoms with Crippen molar-refractivity contribution in [2.75, 3.05) is 13.7 Å². The Balaban J connectivity index is 2.22. The van der Waals surface area contributed by atoms with Crippen molar-refractivity contribution in [2.45, 2.75) is 32.7 Å². The van der Waals surface area contributed by atoms with E-state index in [-0.39, 0.29) is 11.9 Å². The van der Waals surface area contributed by atoms with Gasteiger partial charge in [-0.1, -0.05) is 17.7 Å². The number of hydrogen-bond donors (Lipinski definition) is 0. The zero-order chi connectivity index (χ0) is 13.8. The van der Waals surface area contributed by atoms with Crippen LogP contribution in [0.15, 0.2) is 35.9 Å². The van der Waals surface area contributed by atoms with E-state index in [4.69, 9.17) is 4.74 Å². The van der Waals surface area contributed by atoms with Crippen LogP contribution in [0.1, 0.15) is 38.3 Å². The van der Waals surface area contributed by atoms with Gasteiger partial charge < -0.3 is 9.64 Å². The highest BCUT2D eigenvalue weighted by molar-refractivity contribution is 5.88. The lowest BCUT2D eigenvalue weighted by Crippen LogP contribution is -2.29. The maximum Gasteiger partial charge on any atom is 0.246 e. The van der Waals surface area contributed by atoms with Gasteiger partial charge in [0.25, 0.3) is 0 Å². The van der Waals surface area contributed by atoms with E-state index in [0.29, 0.717) is 0 Å². The molecule has 0 spiro atoms. The molecule has 1 fully saturated rings. The third-order valence-corrected chi connectivity index (χ3v) is 3.43. The molecule has 0 radical (unpaired) electrons. The highest BCUT2D eigenvalue weighted by atomic mass is 16.5. The van der Waals surface area contributed by atoms with Gasteiger partial charge in [-0.15, -0.1) is 0 Å². The van der Waals surface area contributed by atoms with Crippen molar-refractivity contribution in [3.63, 3.8) is 0 Å². The van der Waals surface area contributed by atoms with E-state index < -0.39 is 0 Å². The summed E-state index contributed by atoms with van der Waals surface area (Å²) in [5, 5.41) is 0. The molecule has 1 aromatic rings. The quantitative estimate of drug-likeness (QED) is 0.779. The predicted molar refractivity (Wildman–Crippen MR) is 76.1 cm³/mol. The van der Waals surface area contributed by atoms with Crippen molar-refractivity contribution in [3.05, 3.63) is 41.5 Å². The minimum Gasteiger partial charge on any atom is -0.497 e. The zero-order valence-corrected chi connectivity index (χ0v) is 11.8. The van der Waals surface area contributed by atoms with Crippen molar-refractivity contribution < 1.29 is 9.53 Å².